The van der Waals surface area contributed by atoms with Crippen molar-refractivity contribution in [3.63, 3.8) is 0 Å². The average molecular weight is 464 g/mol. The van der Waals surface area contributed by atoms with Gasteiger partial charge >= 0.3 is 12.1 Å². The fraction of sp³-hybridized carbons (Fsp3) is 0.182. The molecule has 1 N–H and O–H groups in total. The number of rotatable bonds is 6. The van der Waals surface area contributed by atoms with Crippen LogP contribution in [0.1, 0.15) is 16.1 Å². The number of thiazole rings is 1. The van der Waals surface area contributed by atoms with Gasteiger partial charge in [0.1, 0.15) is 29.7 Å². The van der Waals surface area contributed by atoms with Gasteiger partial charge in [-0.25, -0.2) is 9.37 Å². The number of aryl methyl sites for hydroxylation is 1. The number of nitrogens with zero attached hydrogens (tertiary/aromatic N) is 2. The van der Waals surface area contributed by atoms with Crippen molar-refractivity contribution in [2.24, 2.45) is 0 Å². The van der Waals surface area contributed by atoms with Gasteiger partial charge in [0.2, 0.25) is 0 Å². The molecule has 2 aromatic heterocycles. The van der Waals surface area contributed by atoms with Crippen LogP contribution in [0.5, 0.6) is 5.75 Å². The lowest BCUT2D eigenvalue weighted by atomic mass is 10.1. The summed E-state index contributed by atoms with van der Waals surface area (Å²) in [7, 11) is 0. The van der Waals surface area contributed by atoms with Crippen LogP contribution in [0.2, 0.25) is 0 Å². The van der Waals surface area contributed by atoms with Crippen molar-refractivity contribution < 1.29 is 32.2 Å². The summed E-state index contributed by atoms with van der Waals surface area (Å²) >= 11 is 1.20. The quantitative estimate of drug-likeness (QED) is 0.361. The minimum absolute atomic E-state index is 0.151. The summed E-state index contributed by atoms with van der Waals surface area (Å²) in [6, 6.07) is 9.86. The molecule has 0 spiro atoms. The molecule has 4 rings (SSSR count). The molecule has 2 aromatic carbocycles. The molecule has 0 atom stereocenters. The molecule has 32 heavy (non-hydrogen) atoms. The molecule has 0 aliphatic rings. The molecule has 0 aliphatic heterocycles. The van der Waals surface area contributed by atoms with E-state index in [1.165, 1.54) is 17.4 Å². The third-order valence-electron chi connectivity index (χ3n) is 4.84. The number of carbonyl (C=O) groups is 1. The second-order valence-corrected chi connectivity index (χ2v) is 8.15. The fourth-order valence-electron chi connectivity index (χ4n) is 3.25. The maximum Gasteiger partial charge on any atom is 0.419 e. The lowest BCUT2D eigenvalue weighted by Gasteiger charge is -2.08. The van der Waals surface area contributed by atoms with Gasteiger partial charge in [0.25, 0.3) is 0 Å². The zero-order chi connectivity index (χ0) is 23.0. The van der Waals surface area contributed by atoms with Gasteiger partial charge in [0, 0.05) is 17.8 Å². The SMILES string of the molecule is Cc1nc(-c2ccc(C(F)(F)F)c(F)c2)sc1COc1ccc2ccn(CC(=O)O)c2c1. The van der Waals surface area contributed by atoms with Crippen LogP contribution in [0.15, 0.2) is 48.7 Å². The van der Waals surface area contributed by atoms with Gasteiger partial charge in [-0.15, -0.1) is 11.3 Å². The number of carboxylic acids is 1. The van der Waals surface area contributed by atoms with Crippen molar-refractivity contribution in [1.82, 2.24) is 9.55 Å². The molecular formula is C22H16F4N2O3S. The highest BCUT2D eigenvalue weighted by molar-refractivity contribution is 7.15. The molecule has 0 amide bonds. The summed E-state index contributed by atoms with van der Waals surface area (Å²) < 4.78 is 59.7. The number of fused-ring (bicyclic) bond motifs is 1. The summed E-state index contributed by atoms with van der Waals surface area (Å²) in [5.74, 6) is -1.78. The number of carboxylic acid groups (broad SMARTS) is 1. The lowest BCUT2D eigenvalue weighted by Crippen LogP contribution is -2.07. The number of alkyl halides is 3. The Morgan fingerprint density at radius 3 is 2.66 bits per heavy atom. The minimum atomic E-state index is -4.76. The standard InChI is InChI=1S/C22H16F4N2O3S/c1-12-19(32-21(27-12)14-3-5-16(17(23)8-14)22(24,25)26)11-31-15-4-2-13-6-7-28(10-20(29)30)18(13)9-15/h2-9H,10-11H2,1H3,(H,29,30). The minimum Gasteiger partial charge on any atom is -0.488 e. The topological polar surface area (TPSA) is 64.4 Å². The Kier molecular flexibility index (Phi) is 5.64. The van der Waals surface area contributed by atoms with E-state index in [-0.39, 0.29) is 18.7 Å². The van der Waals surface area contributed by atoms with Gasteiger partial charge in [0.05, 0.1) is 21.7 Å². The Bertz CT molecular complexity index is 1310. The van der Waals surface area contributed by atoms with Gasteiger partial charge < -0.3 is 14.4 Å². The highest BCUT2D eigenvalue weighted by Crippen LogP contribution is 2.35. The maximum absolute atomic E-state index is 13.9. The molecule has 5 nitrogen and oxygen atoms in total. The van der Waals surface area contributed by atoms with E-state index in [1.807, 2.05) is 12.1 Å². The summed E-state index contributed by atoms with van der Waals surface area (Å²) in [5, 5.41) is 10.3. The predicted molar refractivity (Wildman–Crippen MR) is 111 cm³/mol. The second kappa shape index (κ2) is 8.27. The largest absolute Gasteiger partial charge is 0.488 e. The average Bonchev–Trinajstić information content (AvgIpc) is 3.28. The Morgan fingerprint density at radius 2 is 1.97 bits per heavy atom. The zero-order valence-electron chi connectivity index (χ0n) is 16.6. The van der Waals surface area contributed by atoms with Gasteiger partial charge in [-0.05, 0) is 42.6 Å². The van der Waals surface area contributed by atoms with Crippen molar-refractivity contribution in [3.8, 4) is 16.3 Å². The van der Waals surface area contributed by atoms with E-state index in [1.54, 1.807) is 29.8 Å². The van der Waals surface area contributed by atoms with E-state index in [0.29, 0.717) is 28.0 Å². The molecule has 0 saturated carbocycles. The third-order valence-corrected chi connectivity index (χ3v) is 6.02. The number of halogens is 4. The van der Waals surface area contributed by atoms with Crippen LogP contribution in [0.25, 0.3) is 21.5 Å². The van der Waals surface area contributed by atoms with E-state index in [0.717, 1.165) is 16.3 Å². The highest BCUT2D eigenvalue weighted by Gasteiger charge is 2.34. The highest BCUT2D eigenvalue weighted by atomic mass is 32.1. The van der Waals surface area contributed by atoms with Gasteiger partial charge in [-0.2, -0.15) is 13.2 Å². The van der Waals surface area contributed by atoms with Gasteiger partial charge in [0.15, 0.2) is 0 Å². The first-order valence-electron chi connectivity index (χ1n) is 9.39. The van der Waals surface area contributed by atoms with Crippen LogP contribution < -0.4 is 4.74 Å². The zero-order valence-corrected chi connectivity index (χ0v) is 17.4. The Balaban J connectivity index is 1.53. The predicted octanol–water partition coefficient (Wildman–Crippen LogP) is 5.89. The van der Waals surface area contributed by atoms with E-state index in [9.17, 15) is 22.4 Å². The number of ether oxygens (including phenoxy) is 1. The van der Waals surface area contributed by atoms with Crippen molar-refractivity contribution in [2.75, 3.05) is 0 Å². The molecule has 0 bridgehead atoms. The first kappa shape index (κ1) is 21.8. The van der Waals surface area contributed by atoms with E-state index < -0.39 is 23.5 Å². The molecule has 0 saturated heterocycles. The molecule has 166 valence electrons. The summed E-state index contributed by atoms with van der Waals surface area (Å²) in [5.41, 5.74) is 0.274. The van der Waals surface area contributed by atoms with Crippen LogP contribution in [0.4, 0.5) is 17.6 Å². The second-order valence-electron chi connectivity index (χ2n) is 7.07. The van der Waals surface area contributed by atoms with Crippen LogP contribution in [-0.2, 0) is 24.1 Å². The van der Waals surface area contributed by atoms with Crippen molar-refractivity contribution in [2.45, 2.75) is 26.3 Å². The third kappa shape index (κ3) is 4.45. The Morgan fingerprint density at radius 1 is 1.19 bits per heavy atom. The Labute approximate surface area is 183 Å². The van der Waals surface area contributed by atoms with Crippen molar-refractivity contribution in [1.29, 1.82) is 0 Å². The van der Waals surface area contributed by atoms with Gasteiger partial charge in [-0.3, -0.25) is 4.79 Å². The molecule has 10 heteroatoms. The monoisotopic (exact) mass is 464 g/mol. The smallest absolute Gasteiger partial charge is 0.419 e. The summed E-state index contributed by atoms with van der Waals surface area (Å²) in [4.78, 5) is 16.1. The van der Waals surface area contributed by atoms with E-state index in [4.69, 9.17) is 9.84 Å². The fourth-order valence-corrected chi connectivity index (χ4v) is 4.22. The van der Waals surface area contributed by atoms with Gasteiger partial charge in [-0.1, -0.05) is 6.07 Å². The number of aliphatic carboxylic acids is 1. The summed E-state index contributed by atoms with van der Waals surface area (Å²) in [6.07, 6.45) is -3.07. The number of hydrogen-bond donors (Lipinski definition) is 1. The molecular weight excluding hydrogens is 448 g/mol. The van der Waals surface area contributed by atoms with Crippen LogP contribution in [-0.4, -0.2) is 20.6 Å². The lowest BCUT2D eigenvalue weighted by molar-refractivity contribution is -0.140. The van der Waals surface area contributed by atoms with Crippen molar-refractivity contribution >= 4 is 28.2 Å². The van der Waals surface area contributed by atoms with E-state index >= 15 is 0 Å². The van der Waals surface area contributed by atoms with E-state index in [2.05, 4.69) is 4.98 Å². The van der Waals surface area contributed by atoms with Crippen LogP contribution >= 0.6 is 11.3 Å². The van der Waals surface area contributed by atoms with Crippen LogP contribution in [0.3, 0.4) is 0 Å². The number of benzene rings is 2. The first-order chi connectivity index (χ1) is 15.1. The number of aromatic nitrogens is 2. The summed E-state index contributed by atoms with van der Waals surface area (Å²) in [6.45, 7) is 1.71. The molecule has 0 unspecified atom stereocenters. The Hall–Kier alpha value is -3.40. The first-order valence-corrected chi connectivity index (χ1v) is 10.2. The molecule has 0 fully saturated rings. The maximum atomic E-state index is 13.9. The van der Waals surface area contributed by atoms with Crippen molar-refractivity contribution in [3.05, 3.63) is 70.6 Å². The van der Waals surface area contributed by atoms with Crippen LogP contribution in [0, 0.1) is 12.7 Å². The normalized spacial score (nSPS) is 11.8. The molecule has 4 aromatic rings. The molecule has 0 radical (unpaired) electrons. The molecule has 2 heterocycles. The molecule has 0 aliphatic carbocycles. The number of hydrogen-bond acceptors (Lipinski definition) is 4.